The van der Waals surface area contributed by atoms with Gasteiger partial charge in [0.25, 0.3) is 0 Å². The number of nitrogens with two attached hydrogens (primary N) is 1. The molecule has 4 rings (SSSR count). The van der Waals surface area contributed by atoms with E-state index >= 15 is 0 Å². The predicted molar refractivity (Wildman–Crippen MR) is 89.2 cm³/mol. The molecule has 0 heterocycles. The van der Waals surface area contributed by atoms with E-state index in [2.05, 4.69) is 30.8 Å². The number of nitrogens with zero attached hydrogens (tertiary/aromatic N) is 2. The monoisotopic (exact) mass is 293 g/mol. The molecule has 4 saturated carbocycles. The summed E-state index contributed by atoms with van der Waals surface area (Å²) in [6, 6.07) is 0. The third-order valence-electron chi connectivity index (χ3n) is 6.78. The van der Waals surface area contributed by atoms with E-state index in [-0.39, 0.29) is 0 Å². The molecule has 0 unspecified atom stereocenters. The standard InChI is InChI=1S/C18H35N3/c1-4-5-21(7-6-20(2)3)18(13-19)16-9-14-8-15(11-16)12-17(18)10-14/h14-17H,4-13,19H2,1-3H3. The highest BCUT2D eigenvalue weighted by molar-refractivity contribution is 5.12. The zero-order valence-corrected chi connectivity index (χ0v) is 14.4. The fourth-order valence-electron chi connectivity index (χ4n) is 6.10. The molecule has 4 fully saturated rings. The summed E-state index contributed by atoms with van der Waals surface area (Å²) in [7, 11) is 4.38. The number of rotatable bonds is 7. The fraction of sp³-hybridized carbons (Fsp3) is 1.00. The van der Waals surface area contributed by atoms with Gasteiger partial charge in [-0.1, -0.05) is 6.92 Å². The van der Waals surface area contributed by atoms with E-state index in [1.54, 1.807) is 0 Å². The molecule has 4 aliphatic carbocycles. The molecular weight excluding hydrogens is 258 g/mol. The minimum atomic E-state index is 0.333. The molecule has 0 spiro atoms. The van der Waals surface area contributed by atoms with Crippen LogP contribution in [0.2, 0.25) is 0 Å². The minimum absolute atomic E-state index is 0.333. The third kappa shape index (κ3) is 2.66. The lowest BCUT2D eigenvalue weighted by Crippen LogP contribution is -2.70. The third-order valence-corrected chi connectivity index (χ3v) is 6.78. The zero-order chi connectivity index (χ0) is 15.0. The minimum Gasteiger partial charge on any atom is -0.329 e. The van der Waals surface area contributed by atoms with Gasteiger partial charge in [0.15, 0.2) is 0 Å². The molecule has 0 aromatic rings. The summed E-state index contributed by atoms with van der Waals surface area (Å²) in [6.07, 6.45) is 8.64. The van der Waals surface area contributed by atoms with Gasteiger partial charge < -0.3 is 10.6 Å². The number of hydrogen-bond donors (Lipinski definition) is 1. The largest absolute Gasteiger partial charge is 0.329 e. The van der Waals surface area contributed by atoms with E-state index in [4.69, 9.17) is 5.73 Å². The Hall–Kier alpha value is -0.120. The lowest BCUT2D eigenvalue weighted by Gasteiger charge is -2.64. The summed E-state index contributed by atoms with van der Waals surface area (Å²) < 4.78 is 0. The summed E-state index contributed by atoms with van der Waals surface area (Å²) in [6.45, 7) is 6.79. The SMILES string of the molecule is CCCN(CCN(C)C)C1(CN)C2CC3CC(C2)CC1C3. The quantitative estimate of drug-likeness (QED) is 0.782. The van der Waals surface area contributed by atoms with Crippen molar-refractivity contribution in [2.45, 2.75) is 51.0 Å². The lowest BCUT2D eigenvalue weighted by molar-refractivity contribution is -0.132. The van der Waals surface area contributed by atoms with Gasteiger partial charge >= 0.3 is 0 Å². The Morgan fingerprint density at radius 2 is 1.48 bits per heavy atom. The summed E-state index contributed by atoms with van der Waals surface area (Å²) in [5, 5.41) is 0. The van der Waals surface area contributed by atoms with Crippen LogP contribution in [0.4, 0.5) is 0 Å². The number of likely N-dealkylation sites (N-methyl/N-ethyl adjacent to an activating group) is 1. The molecule has 3 heteroatoms. The van der Waals surface area contributed by atoms with E-state index in [0.29, 0.717) is 5.54 Å². The molecule has 122 valence electrons. The normalized spacial score (nSPS) is 41.4. The molecule has 0 aromatic heterocycles. The molecule has 3 nitrogen and oxygen atoms in total. The van der Waals surface area contributed by atoms with Crippen molar-refractivity contribution in [3.63, 3.8) is 0 Å². The van der Waals surface area contributed by atoms with Crippen LogP contribution in [-0.2, 0) is 0 Å². The Labute approximate surface area is 131 Å². The van der Waals surface area contributed by atoms with Crippen molar-refractivity contribution >= 4 is 0 Å². The first kappa shape index (κ1) is 15.8. The lowest BCUT2D eigenvalue weighted by atomic mass is 9.48. The Morgan fingerprint density at radius 1 is 0.905 bits per heavy atom. The maximum absolute atomic E-state index is 6.47. The Kier molecular flexibility index (Phi) is 4.63. The number of hydrogen-bond acceptors (Lipinski definition) is 3. The van der Waals surface area contributed by atoms with Crippen molar-refractivity contribution in [3.05, 3.63) is 0 Å². The molecule has 0 aromatic carbocycles. The second kappa shape index (κ2) is 6.17. The Morgan fingerprint density at radius 3 is 1.90 bits per heavy atom. The van der Waals surface area contributed by atoms with Crippen LogP contribution >= 0.6 is 0 Å². The van der Waals surface area contributed by atoms with Crippen molar-refractivity contribution in [3.8, 4) is 0 Å². The van der Waals surface area contributed by atoms with Gasteiger partial charge in [-0.25, -0.2) is 0 Å². The van der Waals surface area contributed by atoms with Crippen LogP contribution in [0.25, 0.3) is 0 Å². The van der Waals surface area contributed by atoms with Crippen molar-refractivity contribution in [1.82, 2.24) is 9.80 Å². The second-order valence-electron chi connectivity index (χ2n) is 8.29. The van der Waals surface area contributed by atoms with Crippen LogP contribution in [0, 0.1) is 23.7 Å². The molecule has 0 amide bonds. The highest BCUT2D eigenvalue weighted by Gasteiger charge is 2.58. The van der Waals surface area contributed by atoms with Gasteiger partial charge in [0, 0.05) is 25.2 Å². The van der Waals surface area contributed by atoms with E-state index in [9.17, 15) is 0 Å². The molecular formula is C18H35N3. The van der Waals surface area contributed by atoms with Gasteiger partial charge in [-0.3, -0.25) is 4.90 Å². The summed E-state index contributed by atoms with van der Waals surface area (Å²) >= 11 is 0. The predicted octanol–water partition coefficient (Wildman–Crippen LogP) is 2.41. The Balaban J connectivity index is 1.83. The summed E-state index contributed by atoms with van der Waals surface area (Å²) in [5.41, 5.74) is 6.80. The van der Waals surface area contributed by atoms with Crippen LogP contribution in [0.5, 0.6) is 0 Å². The van der Waals surface area contributed by atoms with Crippen LogP contribution in [-0.4, -0.2) is 55.6 Å². The highest BCUT2D eigenvalue weighted by atomic mass is 15.2. The van der Waals surface area contributed by atoms with Gasteiger partial charge in [-0.2, -0.15) is 0 Å². The molecule has 0 saturated heterocycles. The average Bonchev–Trinajstić information content (AvgIpc) is 2.44. The van der Waals surface area contributed by atoms with Gasteiger partial charge in [0.05, 0.1) is 0 Å². The average molecular weight is 293 g/mol. The van der Waals surface area contributed by atoms with Crippen LogP contribution in [0.15, 0.2) is 0 Å². The van der Waals surface area contributed by atoms with Gasteiger partial charge in [-0.15, -0.1) is 0 Å². The summed E-state index contributed by atoms with van der Waals surface area (Å²) in [4.78, 5) is 5.14. The first-order valence-electron chi connectivity index (χ1n) is 9.20. The zero-order valence-electron chi connectivity index (χ0n) is 14.4. The van der Waals surface area contributed by atoms with E-state index in [0.717, 1.165) is 36.8 Å². The smallest absolute Gasteiger partial charge is 0.0388 e. The molecule has 4 aliphatic rings. The first-order valence-corrected chi connectivity index (χ1v) is 9.20. The van der Waals surface area contributed by atoms with Crippen LogP contribution in [0.1, 0.15) is 45.4 Å². The molecule has 4 bridgehead atoms. The molecule has 0 aliphatic heterocycles. The van der Waals surface area contributed by atoms with Gasteiger partial charge in [0.2, 0.25) is 0 Å². The van der Waals surface area contributed by atoms with Crippen molar-refractivity contribution in [2.24, 2.45) is 29.4 Å². The van der Waals surface area contributed by atoms with E-state index in [1.807, 2.05) is 0 Å². The highest BCUT2D eigenvalue weighted by Crippen LogP contribution is 2.59. The maximum atomic E-state index is 6.47. The van der Waals surface area contributed by atoms with Crippen molar-refractivity contribution in [2.75, 3.05) is 40.3 Å². The fourth-order valence-corrected chi connectivity index (χ4v) is 6.10. The Bertz CT molecular complexity index is 324. The van der Waals surface area contributed by atoms with Crippen LogP contribution in [0.3, 0.4) is 0 Å². The maximum Gasteiger partial charge on any atom is 0.0388 e. The van der Waals surface area contributed by atoms with Gasteiger partial charge in [0.1, 0.15) is 0 Å². The topological polar surface area (TPSA) is 32.5 Å². The molecule has 21 heavy (non-hydrogen) atoms. The van der Waals surface area contributed by atoms with Crippen molar-refractivity contribution in [1.29, 1.82) is 0 Å². The molecule has 0 atom stereocenters. The summed E-state index contributed by atoms with van der Waals surface area (Å²) in [5.74, 6) is 3.83. The van der Waals surface area contributed by atoms with E-state index < -0.39 is 0 Å². The molecule has 2 N–H and O–H groups in total. The van der Waals surface area contributed by atoms with Gasteiger partial charge in [-0.05, 0) is 82.8 Å². The van der Waals surface area contributed by atoms with E-state index in [1.165, 1.54) is 51.6 Å². The van der Waals surface area contributed by atoms with Crippen LogP contribution < -0.4 is 5.73 Å². The van der Waals surface area contributed by atoms with Crippen molar-refractivity contribution < 1.29 is 0 Å². The first-order chi connectivity index (χ1) is 10.1. The molecule has 0 radical (unpaired) electrons. The second-order valence-corrected chi connectivity index (χ2v) is 8.29.